The van der Waals surface area contributed by atoms with Crippen LogP contribution in [0, 0.1) is 5.92 Å². The molecule has 2 aromatic rings. The van der Waals surface area contributed by atoms with Gasteiger partial charge in [0, 0.05) is 6.07 Å². The number of carbonyl (C=O) groups is 2. The summed E-state index contributed by atoms with van der Waals surface area (Å²) in [5.74, 6) is 0.0986. The highest BCUT2D eigenvalue weighted by Gasteiger charge is 2.26. The third kappa shape index (κ3) is 4.71. The number of methoxy groups -OCH3 is 1. The fourth-order valence-electron chi connectivity index (χ4n) is 3.28. The third-order valence-electron chi connectivity index (χ3n) is 4.90. The average molecular weight is 386 g/mol. The van der Waals surface area contributed by atoms with Gasteiger partial charge < -0.3 is 19.3 Å². The Hall–Kier alpha value is -2.83. The van der Waals surface area contributed by atoms with Crippen LogP contribution >= 0.6 is 0 Å². The van der Waals surface area contributed by atoms with Gasteiger partial charge in [0.15, 0.2) is 11.5 Å². The van der Waals surface area contributed by atoms with Crippen LogP contribution in [0.5, 0.6) is 5.75 Å². The average Bonchev–Trinajstić information content (AvgIpc) is 3.18. The second-order valence-corrected chi connectivity index (χ2v) is 7.32. The first kappa shape index (κ1) is 19.9. The van der Waals surface area contributed by atoms with Gasteiger partial charge in [0.2, 0.25) is 0 Å². The maximum Gasteiger partial charge on any atom is 0.328 e. The maximum atomic E-state index is 12.3. The first-order valence-corrected chi connectivity index (χ1v) is 9.57. The zero-order valence-corrected chi connectivity index (χ0v) is 16.5. The summed E-state index contributed by atoms with van der Waals surface area (Å²) in [5, 5.41) is 6.40. The van der Waals surface area contributed by atoms with Crippen molar-refractivity contribution in [2.75, 3.05) is 7.11 Å². The fourth-order valence-corrected chi connectivity index (χ4v) is 3.28. The van der Waals surface area contributed by atoms with Crippen molar-refractivity contribution in [1.82, 2.24) is 10.5 Å². The van der Waals surface area contributed by atoms with E-state index in [9.17, 15) is 9.59 Å². The van der Waals surface area contributed by atoms with Gasteiger partial charge in [0.05, 0.1) is 7.11 Å². The number of esters is 1. The second-order valence-electron chi connectivity index (χ2n) is 7.32. The van der Waals surface area contributed by atoms with Gasteiger partial charge in [-0.3, -0.25) is 4.79 Å². The Kier molecular flexibility index (Phi) is 6.34. The normalized spacial score (nSPS) is 14.3. The first-order chi connectivity index (χ1) is 13.5. The summed E-state index contributed by atoms with van der Waals surface area (Å²) >= 11 is 0. The minimum absolute atomic E-state index is 0.0959. The summed E-state index contributed by atoms with van der Waals surface area (Å²) in [6, 6.07) is 6.91. The van der Waals surface area contributed by atoms with Gasteiger partial charge in [-0.25, -0.2) is 4.79 Å². The standard InChI is InChI=1S/C21H26N2O5/c1-13(2)19(21(25)26-3)22-20(24)18-11-17(28-23-18)12-27-16-9-8-14-6-4-5-7-15(14)10-16/h8-11,13,19H,4-7,12H2,1-3H3,(H,22,24)/t19-/m0/s1. The highest BCUT2D eigenvalue weighted by molar-refractivity contribution is 5.95. The van der Waals surface area contributed by atoms with E-state index in [0.717, 1.165) is 18.6 Å². The van der Waals surface area contributed by atoms with Crippen LogP contribution in [0.3, 0.4) is 0 Å². The van der Waals surface area contributed by atoms with Crippen LogP contribution in [-0.4, -0.2) is 30.2 Å². The van der Waals surface area contributed by atoms with Gasteiger partial charge in [0.25, 0.3) is 5.91 Å². The van der Waals surface area contributed by atoms with Crippen molar-refractivity contribution in [1.29, 1.82) is 0 Å². The Morgan fingerprint density at radius 1 is 1.18 bits per heavy atom. The summed E-state index contributed by atoms with van der Waals surface area (Å²) in [6.07, 6.45) is 4.65. The Balaban J connectivity index is 1.59. The van der Waals surface area contributed by atoms with E-state index in [2.05, 4.69) is 22.6 Å². The van der Waals surface area contributed by atoms with Crippen molar-refractivity contribution >= 4 is 11.9 Å². The summed E-state index contributed by atoms with van der Waals surface area (Å²) in [7, 11) is 1.29. The molecule has 3 rings (SSSR count). The van der Waals surface area contributed by atoms with Crippen LogP contribution in [-0.2, 0) is 29.0 Å². The molecule has 1 aliphatic rings. The number of hydrogen-bond acceptors (Lipinski definition) is 6. The van der Waals surface area contributed by atoms with Crippen LogP contribution in [0.1, 0.15) is 54.1 Å². The molecule has 0 spiro atoms. The number of rotatable bonds is 7. The number of carbonyl (C=O) groups excluding carboxylic acids is 2. The van der Waals surface area contributed by atoms with E-state index in [1.807, 2.05) is 19.9 Å². The number of aryl methyl sites for hydroxylation is 2. The molecule has 150 valence electrons. The van der Waals surface area contributed by atoms with Crippen LogP contribution < -0.4 is 10.1 Å². The molecule has 0 saturated heterocycles. The van der Waals surface area contributed by atoms with Crippen LogP contribution in [0.15, 0.2) is 28.8 Å². The van der Waals surface area contributed by atoms with E-state index < -0.39 is 17.9 Å². The molecule has 0 radical (unpaired) electrons. The summed E-state index contributed by atoms with van der Waals surface area (Å²) in [6.45, 7) is 3.81. The Labute approximate surface area is 164 Å². The number of ether oxygens (including phenoxy) is 2. The van der Waals surface area contributed by atoms with Gasteiger partial charge in [-0.1, -0.05) is 25.1 Å². The maximum absolute atomic E-state index is 12.3. The lowest BCUT2D eigenvalue weighted by atomic mass is 9.92. The molecule has 0 aliphatic heterocycles. The van der Waals surface area contributed by atoms with Gasteiger partial charge in [-0.2, -0.15) is 0 Å². The molecular formula is C21H26N2O5. The van der Waals surface area contributed by atoms with E-state index in [1.54, 1.807) is 0 Å². The van der Waals surface area contributed by atoms with Crippen LogP contribution in [0.2, 0.25) is 0 Å². The first-order valence-electron chi connectivity index (χ1n) is 9.57. The van der Waals surface area contributed by atoms with E-state index in [-0.39, 0.29) is 18.2 Å². The van der Waals surface area contributed by atoms with Crippen molar-refractivity contribution in [3.8, 4) is 5.75 Å². The molecule has 28 heavy (non-hydrogen) atoms. The van der Waals surface area contributed by atoms with Crippen LogP contribution in [0.4, 0.5) is 0 Å². The Morgan fingerprint density at radius 3 is 2.64 bits per heavy atom. The van der Waals surface area contributed by atoms with Gasteiger partial charge in [-0.15, -0.1) is 0 Å². The Bertz CT molecular complexity index is 843. The third-order valence-corrected chi connectivity index (χ3v) is 4.90. The van der Waals surface area contributed by atoms with Gasteiger partial charge >= 0.3 is 5.97 Å². The highest BCUT2D eigenvalue weighted by atomic mass is 16.5. The number of amides is 1. The zero-order chi connectivity index (χ0) is 20.1. The molecular weight excluding hydrogens is 360 g/mol. The lowest BCUT2D eigenvalue weighted by Crippen LogP contribution is -2.45. The minimum atomic E-state index is -0.746. The quantitative estimate of drug-likeness (QED) is 0.736. The van der Waals surface area contributed by atoms with Crippen LogP contribution in [0.25, 0.3) is 0 Å². The molecule has 7 nitrogen and oxygen atoms in total. The molecule has 1 atom stereocenters. The van der Waals surface area contributed by atoms with Crippen molar-refractivity contribution in [3.05, 3.63) is 46.8 Å². The number of benzene rings is 1. The lowest BCUT2D eigenvalue weighted by Gasteiger charge is -2.18. The predicted molar refractivity (Wildman–Crippen MR) is 102 cm³/mol. The van der Waals surface area contributed by atoms with Crippen molar-refractivity contribution < 1.29 is 23.6 Å². The number of nitrogens with one attached hydrogen (secondary N) is 1. The molecule has 1 amide bonds. The second kappa shape index (κ2) is 8.91. The summed E-state index contributed by atoms with van der Waals surface area (Å²) in [5.41, 5.74) is 2.82. The molecule has 1 N–H and O–H groups in total. The van der Waals surface area contributed by atoms with Gasteiger partial charge in [0.1, 0.15) is 18.4 Å². The zero-order valence-electron chi connectivity index (χ0n) is 16.5. The number of aromatic nitrogens is 1. The Morgan fingerprint density at radius 2 is 1.93 bits per heavy atom. The number of fused-ring (bicyclic) bond motifs is 1. The fraction of sp³-hybridized carbons (Fsp3) is 0.476. The lowest BCUT2D eigenvalue weighted by molar-refractivity contribution is -0.144. The monoisotopic (exact) mass is 386 g/mol. The molecule has 1 heterocycles. The number of nitrogens with zero attached hydrogens (tertiary/aromatic N) is 1. The molecule has 0 saturated carbocycles. The minimum Gasteiger partial charge on any atom is -0.486 e. The smallest absolute Gasteiger partial charge is 0.328 e. The molecule has 0 bridgehead atoms. The summed E-state index contributed by atoms with van der Waals surface area (Å²) < 4.78 is 15.7. The highest BCUT2D eigenvalue weighted by Crippen LogP contribution is 2.25. The van der Waals surface area contributed by atoms with E-state index >= 15 is 0 Å². The molecule has 0 fully saturated rings. The molecule has 1 aromatic carbocycles. The topological polar surface area (TPSA) is 90.7 Å². The van der Waals surface area contributed by atoms with E-state index in [1.165, 1.54) is 37.1 Å². The molecule has 0 unspecified atom stereocenters. The summed E-state index contributed by atoms with van der Waals surface area (Å²) in [4.78, 5) is 24.1. The van der Waals surface area contributed by atoms with Crippen molar-refractivity contribution in [2.45, 2.75) is 52.2 Å². The molecule has 1 aromatic heterocycles. The largest absolute Gasteiger partial charge is 0.486 e. The number of hydrogen-bond donors (Lipinski definition) is 1. The van der Waals surface area contributed by atoms with Crippen molar-refractivity contribution in [2.24, 2.45) is 5.92 Å². The van der Waals surface area contributed by atoms with E-state index in [4.69, 9.17) is 14.0 Å². The predicted octanol–water partition coefficient (Wildman–Crippen LogP) is 3.06. The van der Waals surface area contributed by atoms with Gasteiger partial charge in [-0.05, 0) is 54.9 Å². The molecule has 7 heteroatoms. The van der Waals surface area contributed by atoms with Crippen molar-refractivity contribution in [3.63, 3.8) is 0 Å². The van der Waals surface area contributed by atoms with E-state index in [0.29, 0.717) is 5.76 Å². The molecule has 1 aliphatic carbocycles. The SMILES string of the molecule is COC(=O)[C@@H](NC(=O)c1cc(COc2ccc3c(c2)CCCC3)on1)C(C)C.